The molecule has 0 saturated heterocycles. The van der Waals surface area contributed by atoms with E-state index in [1.54, 1.807) is 13.2 Å². The molecule has 114 valence electrons. The number of ether oxygens (including phenoxy) is 1. The molecular weight excluding hydrogens is 330 g/mol. The summed E-state index contributed by atoms with van der Waals surface area (Å²) >= 11 is 7.45. The highest BCUT2D eigenvalue weighted by Gasteiger charge is 2.12. The lowest BCUT2D eigenvalue weighted by Crippen LogP contribution is -2.08. The van der Waals surface area contributed by atoms with E-state index in [0.29, 0.717) is 28.1 Å². The zero-order valence-corrected chi connectivity index (χ0v) is 14.4. The summed E-state index contributed by atoms with van der Waals surface area (Å²) in [6.07, 6.45) is 0. The standard InChI is InChI=1S/C13H16ClN3O2S2/c1-17(2)13-15-12(16-20-13)8-21(18)7-9-4-5-10(19-3)6-11(9)14/h4-6H,7-8H2,1-3H3/t21-/m1/s1. The van der Waals surface area contributed by atoms with Crippen molar-refractivity contribution in [3.63, 3.8) is 0 Å². The molecule has 5 nitrogen and oxygen atoms in total. The lowest BCUT2D eigenvalue weighted by atomic mass is 10.2. The summed E-state index contributed by atoms with van der Waals surface area (Å²) in [6, 6.07) is 5.36. The van der Waals surface area contributed by atoms with Crippen LogP contribution in [0.2, 0.25) is 5.02 Å². The number of benzene rings is 1. The van der Waals surface area contributed by atoms with E-state index in [1.165, 1.54) is 11.5 Å². The van der Waals surface area contributed by atoms with E-state index in [2.05, 4.69) is 9.36 Å². The highest BCUT2D eigenvalue weighted by molar-refractivity contribution is 7.83. The van der Waals surface area contributed by atoms with Crippen molar-refractivity contribution >= 4 is 39.1 Å². The van der Waals surface area contributed by atoms with Crippen LogP contribution in [0.4, 0.5) is 5.13 Å². The fourth-order valence-corrected chi connectivity index (χ4v) is 3.74. The smallest absolute Gasteiger partial charge is 0.204 e. The van der Waals surface area contributed by atoms with Crippen molar-refractivity contribution < 1.29 is 8.95 Å². The molecule has 0 bridgehead atoms. The predicted molar refractivity (Wildman–Crippen MR) is 87.8 cm³/mol. The largest absolute Gasteiger partial charge is 0.497 e. The second kappa shape index (κ2) is 7.20. The van der Waals surface area contributed by atoms with Crippen LogP contribution in [0.25, 0.3) is 0 Å². The zero-order valence-electron chi connectivity index (χ0n) is 12.0. The molecule has 0 fully saturated rings. The molecule has 2 aromatic rings. The molecule has 1 aromatic heterocycles. The minimum atomic E-state index is -1.10. The third-order valence-electron chi connectivity index (χ3n) is 2.71. The van der Waals surface area contributed by atoms with Crippen molar-refractivity contribution in [3.8, 4) is 5.75 Å². The lowest BCUT2D eigenvalue weighted by molar-refractivity contribution is 0.414. The normalized spacial score (nSPS) is 12.2. The summed E-state index contributed by atoms with van der Waals surface area (Å²) in [4.78, 5) is 6.21. The number of nitrogens with zero attached hydrogens (tertiary/aromatic N) is 3. The molecule has 0 aliphatic heterocycles. The Morgan fingerprint density at radius 2 is 2.14 bits per heavy atom. The van der Waals surface area contributed by atoms with E-state index in [0.717, 1.165) is 10.7 Å². The third-order valence-corrected chi connectivity index (χ3v) is 5.19. The second-order valence-corrected chi connectivity index (χ2v) is 7.17. The van der Waals surface area contributed by atoms with Gasteiger partial charge in [0.15, 0.2) is 5.82 Å². The highest BCUT2D eigenvalue weighted by Crippen LogP contribution is 2.24. The molecule has 0 N–H and O–H groups in total. The van der Waals surface area contributed by atoms with Crippen molar-refractivity contribution in [1.82, 2.24) is 9.36 Å². The molecule has 0 radical (unpaired) electrons. The SMILES string of the molecule is COc1ccc(C[S@@](=O)Cc2nsc(N(C)C)n2)c(Cl)c1. The zero-order chi connectivity index (χ0) is 15.4. The number of anilines is 1. The van der Waals surface area contributed by atoms with Gasteiger partial charge in [0.2, 0.25) is 5.13 Å². The van der Waals surface area contributed by atoms with Crippen LogP contribution in [0.5, 0.6) is 5.75 Å². The average molecular weight is 346 g/mol. The van der Waals surface area contributed by atoms with Crippen molar-refractivity contribution in [1.29, 1.82) is 0 Å². The number of methoxy groups -OCH3 is 1. The van der Waals surface area contributed by atoms with Crippen LogP contribution in [0.3, 0.4) is 0 Å². The van der Waals surface area contributed by atoms with Crippen molar-refractivity contribution in [2.45, 2.75) is 11.5 Å². The molecule has 1 atom stereocenters. The minimum absolute atomic E-state index is 0.326. The Morgan fingerprint density at radius 3 is 2.71 bits per heavy atom. The second-order valence-electron chi connectivity index (χ2n) is 4.57. The van der Waals surface area contributed by atoms with E-state index in [9.17, 15) is 4.21 Å². The van der Waals surface area contributed by atoms with Gasteiger partial charge in [-0.3, -0.25) is 4.21 Å². The van der Waals surface area contributed by atoms with Crippen molar-refractivity contribution in [2.75, 3.05) is 26.1 Å². The molecule has 21 heavy (non-hydrogen) atoms. The number of hydrogen-bond acceptors (Lipinski definition) is 6. The summed E-state index contributed by atoms with van der Waals surface area (Å²) in [6.45, 7) is 0. The van der Waals surface area contributed by atoms with Gasteiger partial charge in [-0.1, -0.05) is 17.7 Å². The molecule has 2 rings (SSSR count). The van der Waals surface area contributed by atoms with E-state index in [-0.39, 0.29) is 0 Å². The van der Waals surface area contributed by atoms with Crippen LogP contribution in [0, 0.1) is 0 Å². The number of rotatable bonds is 6. The van der Waals surface area contributed by atoms with Gasteiger partial charge < -0.3 is 9.64 Å². The summed E-state index contributed by atoms with van der Waals surface area (Å²) < 4.78 is 21.5. The first-order valence-electron chi connectivity index (χ1n) is 6.17. The summed E-state index contributed by atoms with van der Waals surface area (Å²) in [7, 11) is 4.28. The van der Waals surface area contributed by atoms with Gasteiger partial charge in [0, 0.05) is 41.5 Å². The van der Waals surface area contributed by atoms with Gasteiger partial charge in [-0.25, -0.2) is 4.98 Å². The number of aromatic nitrogens is 2. The molecule has 1 heterocycles. The maximum absolute atomic E-state index is 12.2. The van der Waals surface area contributed by atoms with Crippen LogP contribution in [0.15, 0.2) is 18.2 Å². The van der Waals surface area contributed by atoms with E-state index < -0.39 is 10.8 Å². The molecule has 0 unspecified atom stereocenters. The Kier molecular flexibility index (Phi) is 5.55. The Hall–Kier alpha value is -1.18. The topological polar surface area (TPSA) is 55.3 Å². The van der Waals surface area contributed by atoms with E-state index >= 15 is 0 Å². The maximum Gasteiger partial charge on any atom is 0.204 e. The first-order chi connectivity index (χ1) is 9.99. The van der Waals surface area contributed by atoms with Gasteiger partial charge >= 0.3 is 0 Å². The first-order valence-corrected chi connectivity index (χ1v) is 8.81. The van der Waals surface area contributed by atoms with E-state index in [1.807, 2.05) is 31.1 Å². The van der Waals surface area contributed by atoms with Crippen molar-refractivity contribution in [3.05, 3.63) is 34.6 Å². The van der Waals surface area contributed by atoms with Gasteiger partial charge in [-0.05, 0) is 17.7 Å². The Balaban J connectivity index is 2.01. The molecule has 0 aliphatic carbocycles. The van der Waals surface area contributed by atoms with Gasteiger partial charge in [0.1, 0.15) is 5.75 Å². The summed E-state index contributed by atoms with van der Waals surface area (Å²) in [5.41, 5.74) is 0.832. The summed E-state index contributed by atoms with van der Waals surface area (Å²) in [5.74, 6) is 1.99. The molecule has 0 spiro atoms. The molecule has 0 saturated carbocycles. The molecule has 0 aliphatic rings. The molecule has 8 heteroatoms. The van der Waals surface area contributed by atoms with Crippen LogP contribution < -0.4 is 9.64 Å². The van der Waals surface area contributed by atoms with Gasteiger partial charge in [0.25, 0.3) is 0 Å². The van der Waals surface area contributed by atoms with Gasteiger partial charge in [-0.2, -0.15) is 4.37 Å². The summed E-state index contributed by atoms with van der Waals surface area (Å²) in [5, 5.41) is 1.37. The number of halogens is 1. The quantitative estimate of drug-likeness (QED) is 0.805. The predicted octanol–water partition coefficient (Wildman–Crippen LogP) is 2.72. The van der Waals surface area contributed by atoms with Gasteiger partial charge in [0.05, 0.1) is 18.6 Å². The molecule has 0 amide bonds. The third kappa shape index (κ3) is 4.39. The van der Waals surface area contributed by atoms with Crippen LogP contribution >= 0.6 is 23.1 Å². The van der Waals surface area contributed by atoms with Crippen LogP contribution in [-0.2, 0) is 22.3 Å². The highest BCUT2D eigenvalue weighted by atomic mass is 35.5. The molecule has 1 aromatic carbocycles. The van der Waals surface area contributed by atoms with Crippen molar-refractivity contribution in [2.24, 2.45) is 0 Å². The van der Waals surface area contributed by atoms with Crippen LogP contribution in [-0.4, -0.2) is 34.8 Å². The average Bonchev–Trinajstić information content (AvgIpc) is 2.89. The van der Waals surface area contributed by atoms with Crippen LogP contribution in [0.1, 0.15) is 11.4 Å². The first kappa shape index (κ1) is 16.2. The number of hydrogen-bond donors (Lipinski definition) is 0. The fraction of sp³-hybridized carbons (Fsp3) is 0.385. The molecular formula is C13H16ClN3O2S2. The minimum Gasteiger partial charge on any atom is -0.497 e. The van der Waals surface area contributed by atoms with Gasteiger partial charge in [-0.15, -0.1) is 0 Å². The Morgan fingerprint density at radius 1 is 1.38 bits per heavy atom. The maximum atomic E-state index is 12.2. The monoisotopic (exact) mass is 345 g/mol. The van der Waals surface area contributed by atoms with E-state index in [4.69, 9.17) is 16.3 Å². The Bertz CT molecular complexity index is 646. The Labute approximate surface area is 135 Å². The lowest BCUT2D eigenvalue weighted by Gasteiger charge is -2.06. The fourth-order valence-electron chi connectivity index (χ4n) is 1.63.